The van der Waals surface area contributed by atoms with Crippen molar-refractivity contribution >= 4 is 109 Å². The fourth-order valence-corrected chi connectivity index (χ4v) is 52.0. The highest BCUT2D eigenvalue weighted by molar-refractivity contribution is 7.07. The molecule has 0 aliphatic carbocycles. The maximum Gasteiger partial charge on any atom is 0.471 e. The van der Waals surface area contributed by atoms with Crippen molar-refractivity contribution in [3.63, 3.8) is 0 Å². The molecule has 0 N–H and O–H groups in total. The predicted molar refractivity (Wildman–Crippen MR) is 352 cm³/mol. The minimum Gasteiger partial charge on any atom is -0.428 e. The summed E-state index contributed by atoms with van der Waals surface area (Å²) in [6, 6.07) is 83.1. The fraction of sp³-hybridized carbons (Fsp3) is 0.152. The van der Waals surface area contributed by atoms with Crippen LogP contribution in [0.15, 0.2) is 243 Å². The van der Waals surface area contributed by atoms with E-state index in [2.05, 4.69) is 147 Å². The average molecular weight is 1200 g/mol. The molecule has 81 heavy (non-hydrogen) atoms. The van der Waals surface area contributed by atoms with Crippen LogP contribution in [0.3, 0.4) is 0 Å². The van der Waals surface area contributed by atoms with Crippen molar-refractivity contribution in [2.45, 2.75) is 63.5 Å². The average Bonchev–Trinajstić information content (AvgIpc) is 3.52. The van der Waals surface area contributed by atoms with Gasteiger partial charge in [-0.1, -0.05) is 243 Å². The van der Waals surface area contributed by atoms with Gasteiger partial charge in [-0.2, -0.15) is 0 Å². The van der Waals surface area contributed by atoms with E-state index in [0.29, 0.717) is 12.1 Å². The first-order valence-corrected chi connectivity index (χ1v) is 45.7. The Hall–Kier alpha value is -6.54. The second kappa shape index (κ2) is 26.6. The molecule has 15 heteroatoms. The first kappa shape index (κ1) is 60.5. The van der Waals surface area contributed by atoms with Crippen molar-refractivity contribution in [1.29, 1.82) is 0 Å². The van der Waals surface area contributed by atoms with E-state index in [1.54, 1.807) is 0 Å². The molecule has 0 spiro atoms. The number of hydrogen-bond acceptors (Lipinski definition) is 7. The Morgan fingerprint density at radius 2 is 0.395 bits per heavy atom. The smallest absolute Gasteiger partial charge is 0.428 e. The SMILES string of the molecule is C#CC[Si](O[Si](C)(C)O[Si](C)(O[Si](C)(O[Si](C)(C)O[Si](CC#C)(c1ccccc1)c1ccccc1)O[Si](CC#C)(c1ccccc1)c1ccccc1)O[Si](CC#C)(c1ccccc1)c1ccccc1)(c1ccccc1)c1ccccc1. The van der Waals surface area contributed by atoms with E-state index < -0.39 is 68.0 Å². The molecule has 0 aromatic heterocycles. The molecule has 8 rings (SSSR count). The van der Waals surface area contributed by atoms with Crippen molar-refractivity contribution in [2.75, 3.05) is 0 Å². The van der Waals surface area contributed by atoms with Crippen LogP contribution < -0.4 is 41.5 Å². The van der Waals surface area contributed by atoms with Gasteiger partial charge in [-0.15, -0.1) is 49.4 Å². The largest absolute Gasteiger partial charge is 0.471 e. The summed E-state index contributed by atoms with van der Waals surface area (Å²) >= 11 is 0. The topological polar surface area (TPSA) is 64.6 Å². The number of hydrogen-bond donors (Lipinski definition) is 0. The van der Waals surface area contributed by atoms with E-state index >= 15 is 0 Å². The van der Waals surface area contributed by atoms with Gasteiger partial charge >= 0.3 is 34.7 Å². The summed E-state index contributed by atoms with van der Waals surface area (Å²) in [5.41, 5.74) is 0. The Balaban J connectivity index is 1.40. The fourth-order valence-electron chi connectivity index (χ4n) is 11.2. The first-order chi connectivity index (χ1) is 39.0. The van der Waals surface area contributed by atoms with E-state index in [4.69, 9.17) is 54.5 Å². The lowest BCUT2D eigenvalue weighted by molar-refractivity contribution is 0.168. The normalized spacial score (nSPS) is 13.8. The molecule has 0 radical (unpaired) electrons. The number of terminal acetylenes is 4. The summed E-state index contributed by atoms with van der Waals surface area (Å²) in [5.74, 6) is 12.3. The highest BCUT2D eigenvalue weighted by Gasteiger charge is 2.62. The second-order valence-electron chi connectivity index (χ2n) is 21.0. The van der Waals surface area contributed by atoms with Gasteiger partial charge < -0.3 is 28.8 Å². The molecule has 2 unspecified atom stereocenters. The molecule has 0 aliphatic rings. The van der Waals surface area contributed by atoms with Gasteiger partial charge in [0.2, 0.25) is 0 Å². The molecule has 0 amide bonds. The third kappa shape index (κ3) is 14.0. The Bertz CT molecular complexity index is 3060. The van der Waals surface area contributed by atoms with Crippen molar-refractivity contribution in [1.82, 2.24) is 0 Å². The van der Waals surface area contributed by atoms with Crippen molar-refractivity contribution in [3.05, 3.63) is 243 Å². The standard InChI is InChI=1S/C66H70O7Si8/c1-11-55-78(59-39-23-15-24-40-59,60-41-25-16-26-42-60)69-74(5,6)67-76(9,72-80(57-13-3,63-47-31-19-32-48-63)64-49-33-20-34-50-64)71-77(10,73-81(58-14-4,65-51-35-21-36-52-65)66-53-37-22-38-54-66)68-75(7,8)70-79(56-12-2,61-43-27-17-28-44-61)62-45-29-18-30-46-62/h1-4,15-54H,55-58H2,5-10H3. The van der Waals surface area contributed by atoms with Crippen LogP contribution in [0, 0.1) is 49.4 Å². The van der Waals surface area contributed by atoms with Crippen LogP contribution in [-0.2, 0) is 28.8 Å². The monoisotopic (exact) mass is 1200 g/mol. The van der Waals surface area contributed by atoms with Crippen LogP contribution in [0.25, 0.3) is 0 Å². The molecule has 0 aliphatic heterocycles. The summed E-state index contributed by atoms with van der Waals surface area (Å²) < 4.78 is 56.0. The van der Waals surface area contributed by atoms with Gasteiger partial charge in [-0.25, -0.2) is 0 Å². The van der Waals surface area contributed by atoms with Crippen LogP contribution in [0.5, 0.6) is 0 Å². The molecule has 0 saturated heterocycles. The molecule has 8 aromatic rings. The maximum absolute atomic E-state index is 8.16. The van der Waals surface area contributed by atoms with Crippen LogP contribution >= 0.6 is 0 Å². The van der Waals surface area contributed by atoms with Crippen LogP contribution in [-0.4, -0.2) is 68.0 Å². The van der Waals surface area contributed by atoms with Crippen LogP contribution in [0.2, 0.25) is 63.5 Å². The molecule has 2 atom stereocenters. The molecule has 408 valence electrons. The highest BCUT2D eigenvalue weighted by atomic mass is 28.6. The van der Waals surface area contributed by atoms with Gasteiger partial charge in [-0.3, -0.25) is 0 Å². The molecule has 0 fully saturated rings. The van der Waals surface area contributed by atoms with Gasteiger partial charge in [-0.05, 0) is 67.7 Å². The van der Waals surface area contributed by atoms with E-state index in [1.807, 2.05) is 159 Å². The third-order valence-electron chi connectivity index (χ3n) is 14.1. The summed E-state index contributed by atoms with van der Waals surface area (Å²) in [6.07, 6.45) is 25.9. The molecule has 7 nitrogen and oxygen atoms in total. The molecule has 0 heterocycles. The lowest BCUT2D eigenvalue weighted by atomic mass is 10.4. The van der Waals surface area contributed by atoms with Crippen molar-refractivity contribution in [2.24, 2.45) is 0 Å². The summed E-state index contributed by atoms with van der Waals surface area (Å²) in [4.78, 5) is 0. The van der Waals surface area contributed by atoms with Crippen LogP contribution in [0.4, 0.5) is 0 Å². The van der Waals surface area contributed by atoms with Gasteiger partial charge in [0.1, 0.15) is 0 Å². The Morgan fingerprint density at radius 3 is 0.556 bits per heavy atom. The van der Waals surface area contributed by atoms with Crippen LogP contribution in [0.1, 0.15) is 0 Å². The van der Waals surface area contributed by atoms with E-state index in [1.165, 1.54) is 0 Å². The Labute approximate surface area is 490 Å². The zero-order chi connectivity index (χ0) is 57.5. The molecule has 0 saturated carbocycles. The highest BCUT2D eigenvalue weighted by Crippen LogP contribution is 2.35. The third-order valence-corrected chi connectivity index (χ3v) is 49.4. The summed E-state index contributed by atoms with van der Waals surface area (Å²) in [7, 11) is -29.9. The number of rotatable bonds is 26. The minimum atomic E-state index is -4.41. The zero-order valence-electron chi connectivity index (χ0n) is 47.1. The molecular formula is C66H70O7Si8. The Kier molecular flexibility index (Phi) is 19.9. The Morgan fingerprint density at radius 1 is 0.235 bits per heavy atom. The second-order valence-corrected chi connectivity index (χ2v) is 48.4. The first-order valence-electron chi connectivity index (χ1n) is 27.1. The molecule has 8 aromatic carbocycles. The van der Waals surface area contributed by atoms with Gasteiger partial charge in [0, 0.05) is 37.3 Å². The van der Waals surface area contributed by atoms with Gasteiger partial charge in [0.05, 0.1) is 0 Å². The van der Waals surface area contributed by atoms with E-state index in [-0.39, 0.29) is 12.1 Å². The molecule has 0 bridgehead atoms. The lowest BCUT2D eigenvalue weighted by Gasteiger charge is -2.49. The molecular weight excluding hydrogens is 1130 g/mol. The van der Waals surface area contributed by atoms with E-state index in [9.17, 15) is 0 Å². The van der Waals surface area contributed by atoms with Crippen molar-refractivity contribution in [3.8, 4) is 49.4 Å². The van der Waals surface area contributed by atoms with E-state index in [0.717, 1.165) is 41.5 Å². The maximum atomic E-state index is 8.16. The quantitative estimate of drug-likeness (QED) is 0.0396. The van der Waals surface area contributed by atoms with Gasteiger partial charge in [0.25, 0.3) is 33.3 Å². The number of benzene rings is 8. The predicted octanol–water partition coefficient (Wildman–Crippen LogP) is 9.22. The van der Waals surface area contributed by atoms with Gasteiger partial charge in [0.15, 0.2) is 0 Å². The summed E-state index contributed by atoms with van der Waals surface area (Å²) in [5, 5.41) is 7.80. The summed E-state index contributed by atoms with van der Waals surface area (Å²) in [6.45, 7) is 12.1. The minimum absolute atomic E-state index is 0.241. The zero-order valence-corrected chi connectivity index (χ0v) is 55.1. The lowest BCUT2D eigenvalue weighted by Crippen LogP contribution is -2.75. The van der Waals surface area contributed by atoms with Crippen molar-refractivity contribution < 1.29 is 28.8 Å².